The van der Waals surface area contributed by atoms with E-state index in [-0.39, 0.29) is 50.0 Å². The number of benzene rings is 2. The summed E-state index contributed by atoms with van der Waals surface area (Å²) in [6, 6.07) is 16.3. The van der Waals surface area contributed by atoms with E-state index in [9.17, 15) is 14.4 Å². The zero-order valence-electron chi connectivity index (χ0n) is 19.4. The molecule has 180 valence electrons. The first-order chi connectivity index (χ1) is 16.2. The van der Waals surface area contributed by atoms with Gasteiger partial charge in [-0.2, -0.15) is 0 Å². The normalized spacial score (nSPS) is 19.2. The van der Waals surface area contributed by atoms with Crippen molar-refractivity contribution in [3.63, 3.8) is 0 Å². The van der Waals surface area contributed by atoms with Crippen LogP contribution in [0, 0.1) is 5.92 Å². The molecule has 0 spiro atoms. The van der Waals surface area contributed by atoms with Crippen LogP contribution >= 0.6 is 0 Å². The molecule has 0 unspecified atom stereocenters. The van der Waals surface area contributed by atoms with Crippen LogP contribution in [0.5, 0.6) is 0 Å². The lowest BCUT2D eigenvalue weighted by atomic mass is 9.97. The number of ether oxygens (including phenoxy) is 2. The third-order valence-electron chi connectivity index (χ3n) is 6.32. The quantitative estimate of drug-likeness (QED) is 0.550. The standard InChI is InChI=1S/C26H30N2O6/c1-26(2,12-23(29)30)28-24(31)16-11-17(33-14-16)13-27-25(32)34-15-22-20-9-5-3-7-18(20)19-8-4-6-10-21(19)22/h3-10,16-17,22H,11-15H2,1-2H3,(H,27,32)(H,28,31)(H,29,30)/t16-,17-/m0/s1. The topological polar surface area (TPSA) is 114 Å². The Hall–Kier alpha value is -3.39. The molecule has 2 aromatic rings. The van der Waals surface area contributed by atoms with Crippen molar-refractivity contribution in [3.8, 4) is 11.1 Å². The van der Waals surface area contributed by atoms with E-state index in [1.165, 1.54) is 11.1 Å². The molecule has 1 aliphatic heterocycles. The number of carbonyl (C=O) groups excluding carboxylic acids is 2. The molecule has 3 N–H and O–H groups in total. The number of carboxylic acids is 1. The lowest BCUT2D eigenvalue weighted by Gasteiger charge is -2.25. The Morgan fingerprint density at radius 3 is 2.29 bits per heavy atom. The second-order valence-electron chi connectivity index (χ2n) is 9.54. The van der Waals surface area contributed by atoms with Gasteiger partial charge in [0.1, 0.15) is 6.61 Å². The summed E-state index contributed by atoms with van der Waals surface area (Å²) in [7, 11) is 0. The van der Waals surface area contributed by atoms with E-state index in [2.05, 4.69) is 34.9 Å². The zero-order chi connectivity index (χ0) is 24.3. The van der Waals surface area contributed by atoms with Crippen LogP contribution in [0.25, 0.3) is 11.1 Å². The van der Waals surface area contributed by atoms with E-state index in [0.717, 1.165) is 11.1 Å². The van der Waals surface area contributed by atoms with Crippen LogP contribution in [0.2, 0.25) is 0 Å². The molecule has 2 aliphatic rings. The largest absolute Gasteiger partial charge is 0.481 e. The number of rotatable bonds is 8. The van der Waals surface area contributed by atoms with Gasteiger partial charge in [0.25, 0.3) is 0 Å². The third kappa shape index (κ3) is 5.39. The Morgan fingerprint density at radius 2 is 1.68 bits per heavy atom. The van der Waals surface area contributed by atoms with E-state index in [1.54, 1.807) is 13.8 Å². The van der Waals surface area contributed by atoms with Gasteiger partial charge in [-0.1, -0.05) is 48.5 Å². The van der Waals surface area contributed by atoms with Crippen molar-refractivity contribution >= 4 is 18.0 Å². The summed E-state index contributed by atoms with van der Waals surface area (Å²) >= 11 is 0. The summed E-state index contributed by atoms with van der Waals surface area (Å²) in [6.45, 7) is 4.04. The first-order valence-electron chi connectivity index (χ1n) is 11.5. The molecule has 8 heteroatoms. The van der Waals surface area contributed by atoms with Gasteiger partial charge in [0.15, 0.2) is 0 Å². The molecule has 2 aromatic carbocycles. The van der Waals surface area contributed by atoms with Crippen molar-refractivity contribution < 1.29 is 29.0 Å². The van der Waals surface area contributed by atoms with Crippen molar-refractivity contribution in [2.75, 3.05) is 19.8 Å². The van der Waals surface area contributed by atoms with Gasteiger partial charge in [0, 0.05) is 18.0 Å². The molecular formula is C26H30N2O6. The van der Waals surface area contributed by atoms with Crippen LogP contribution in [-0.4, -0.2) is 54.5 Å². The summed E-state index contributed by atoms with van der Waals surface area (Å²) in [6.07, 6.45) is -0.558. The summed E-state index contributed by atoms with van der Waals surface area (Å²) in [5, 5.41) is 14.5. The Labute approximate surface area is 198 Å². The number of carbonyl (C=O) groups is 3. The lowest BCUT2D eigenvalue weighted by Crippen LogP contribution is -2.47. The van der Waals surface area contributed by atoms with Gasteiger partial charge in [-0.05, 0) is 42.5 Å². The van der Waals surface area contributed by atoms with Crippen LogP contribution in [0.3, 0.4) is 0 Å². The maximum atomic E-state index is 12.5. The second-order valence-corrected chi connectivity index (χ2v) is 9.54. The molecule has 0 radical (unpaired) electrons. The zero-order valence-corrected chi connectivity index (χ0v) is 19.4. The fourth-order valence-electron chi connectivity index (χ4n) is 4.74. The Bertz CT molecular complexity index is 1040. The van der Waals surface area contributed by atoms with Crippen LogP contribution < -0.4 is 10.6 Å². The average Bonchev–Trinajstić information content (AvgIpc) is 3.38. The highest BCUT2D eigenvalue weighted by Gasteiger charge is 2.34. The number of aliphatic carboxylic acids is 1. The minimum atomic E-state index is -0.974. The van der Waals surface area contributed by atoms with Gasteiger partial charge in [-0.3, -0.25) is 9.59 Å². The van der Waals surface area contributed by atoms with Crippen molar-refractivity contribution in [1.29, 1.82) is 0 Å². The van der Waals surface area contributed by atoms with Crippen molar-refractivity contribution in [3.05, 3.63) is 59.7 Å². The number of hydrogen-bond donors (Lipinski definition) is 3. The molecule has 0 saturated carbocycles. The molecular weight excluding hydrogens is 436 g/mol. The van der Waals surface area contributed by atoms with Crippen molar-refractivity contribution in [2.45, 2.75) is 44.2 Å². The van der Waals surface area contributed by atoms with Crippen LogP contribution in [0.15, 0.2) is 48.5 Å². The maximum Gasteiger partial charge on any atom is 0.407 e. The molecule has 0 aromatic heterocycles. The van der Waals surface area contributed by atoms with E-state index in [0.29, 0.717) is 6.42 Å². The van der Waals surface area contributed by atoms with E-state index < -0.39 is 17.6 Å². The molecule has 8 nitrogen and oxygen atoms in total. The fourth-order valence-corrected chi connectivity index (χ4v) is 4.74. The Balaban J connectivity index is 1.24. The first kappa shape index (κ1) is 23.8. The van der Waals surface area contributed by atoms with E-state index >= 15 is 0 Å². The van der Waals surface area contributed by atoms with Gasteiger partial charge in [-0.15, -0.1) is 0 Å². The number of fused-ring (bicyclic) bond motifs is 3. The molecule has 2 atom stereocenters. The second kappa shape index (κ2) is 9.85. The van der Waals surface area contributed by atoms with Crippen molar-refractivity contribution in [2.24, 2.45) is 5.92 Å². The molecule has 1 heterocycles. The predicted octanol–water partition coefficient (Wildman–Crippen LogP) is 3.30. The molecule has 2 amide bonds. The SMILES string of the molecule is CC(C)(CC(=O)O)NC(=O)[C@@H]1CO[C@H](CNC(=O)OCC2c3ccccc3-c3ccccc32)C1. The van der Waals surface area contributed by atoms with Crippen molar-refractivity contribution in [1.82, 2.24) is 10.6 Å². The number of amides is 2. The van der Waals surface area contributed by atoms with Crippen LogP contribution in [0.1, 0.15) is 43.7 Å². The smallest absolute Gasteiger partial charge is 0.407 e. The summed E-state index contributed by atoms with van der Waals surface area (Å²) in [5.41, 5.74) is 3.79. The molecule has 1 aliphatic carbocycles. The number of hydrogen-bond acceptors (Lipinski definition) is 5. The molecule has 4 rings (SSSR count). The molecule has 1 fully saturated rings. The van der Waals surface area contributed by atoms with Gasteiger partial charge in [0.05, 0.1) is 25.0 Å². The van der Waals surface area contributed by atoms with Gasteiger partial charge in [-0.25, -0.2) is 4.79 Å². The van der Waals surface area contributed by atoms with Crippen LogP contribution in [0.4, 0.5) is 4.79 Å². The van der Waals surface area contributed by atoms with E-state index in [4.69, 9.17) is 14.6 Å². The summed E-state index contributed by atoms with van der Waals surface area (Å²) in [5.74, 6) is -1.61. The molecule has 34 heavy (non-hydrogen) atoms. The minimum absolute atomic E-state index is 0.0110. The molecule has 1 saturated heterocycles. The minimum Gasteiger partial charge on any atom is -0.481 e. The lowest BCUT2D eigenvalue weighted by molar-refractivity contribution is -0.138. The number of nitrogens with one attached hydrogen (secondary N) is 2. The third-order valence-corrected chi connectivity index (χ3v) is 6.32. The fraction of sp³-hybridized carbons (Fsp3) is 0.423. The summed E-state index contributed by atoms with van der Waals surface area (Å²) < 4.78 is 11.2. The highest BCUT2D eigenvalue weighted by Crippen LogP contribution is 2.44. The van der Waals surface area contributed by atoms with Crippen LogP contribution in [-0.2, 0) is 19.1 Å². The maximum absolute atomic E-state index is 12.5. The average molecular weight is 467 g/mol. The monoisotopic (exact) mass is 466 g/mol. The number of carboxylic acid groups (broad SMARTS) is 1. The van der Waals surface area contributed by atoms with E-state index in [1.807, 2.05) is 24.3 Å². The van der Waals surface area contributed by atoms with Gasteiger partial charge >= 0.3 is 12.1 Å². The predicted molar refractivity (Wildman–Crippen MR) is 125 cm³/mol. The highest BCUT2D eigenvalue weighted by molar-refractivity contribution is 5.81. The van der Waals surface area contributed by atoms with Gasteiger partial charge < -0.3 is 25.2 Å². The highest BCUT2D eigenvalue weighted by atomic mass is 16.5. The Morgan fingerprint density at radius 1 is 1.06 bits per heavy atom. The summed E-state index contributed by atoms with van der Waals surface area (Å²) in [4.78, 5) is 35.8. The number of alkyl carbamates (subject to hydrolysis) is 1. The first-order valence-corrected chi connectivity index (χ1v) is 11.5. The van der Waals surface area contributed by atoms with Gasteiger partial charge in [0.2, 0.25) is 5.91 Å². The Kier molecular flexibility index (Phi) is 6.88. The molecule has 0 bridgehead atoms.